The summed E-state index contributed by atoms with van der Waals surface area (Å²) in [5.41, 5.74) is 0.970. The van der Waals surface area contributed by atoms with E-state index in [1.165, 1.54) is 25.7 Å². The largest absolute Gasteiger partial charge is 0.352 e. The lowest BCUT2D eigenvalue weighted by atomic mass is 9.94. The molecule has 3 rings (SSSR count). The topological polar surface area (TPSA) is 29.1 Å². The summed E-state index contributed by atoms with van der Waals surface area (Å²) in [6, 6.07) is 5.76. The predicted molar refractivity (Wildman–Crippen MR) is 84.6 cm³/mol. The molecule has 108 valence electrons. The van der Waals surface area contributed by atoms with Crippen LogP contribution in [-0.2, 0) is 11.3 Å². The van der Waals surface area contributed by atoms with Crippen molar-refractivity contribution in [2.45, 2.75) is 38.6 Å². The molecule has 0 aromatic heterocycles. The lowest BCUT2D eigenvalue weighted by Gasteiger charge is -2.15. The quantitative estimate of drug-likeness (QED) is 0.796. The van der Waals surface area contributed by atoms with Crippen LogP contribution in [0.25, 0.3) is 0 Å². The summed E-state index contributed by atoms with van der Waals surface area (Å²) in [6.07, 6.45) is 6.00. The second-order valence-corrected chi connectivity index (χ2v) is 7.38. The van der Waals surface area contributed by atoms with Gasteiger partial charge in [0.05, 0.1) is 0 Å². The van der Waals surface area contributed by atoms with Gasteiger partial charge in [-0.2, -0.15) is 0 Å². The Hall–Kier alpha value is -0.540. The monoisotopic (exact) mass is 355 g/mol. The third-order valence-corrected chi connectivity index (χ3v) is 5.21. The smallest absolute Gasteiger partial charge is 0.220 e. The molecule has 2 fully saturated rings. The second-order valence-electron chi connectivity index (χ2n) is 6.06. The zero-order valence-electron chi connectivity index (χ0n) is 11.4. The molecule has 0 saturated heterocycles. The van der Waals surface area contributed by atoms with E-state index in [1.807, 2.05) is 18.2 Å². The molecule has 0 bridgehead atoms. The number of hydrogen-bond donors (Lipinski definition) is 1. The molecule has 1 aromatic rings. The van der Waals surface area contributed by atoms with E-state index in [0.29, 0.717) is 23.9 Å². The summed E-state index contributed by atoms with van der Waals surface area (Å²) in [5, 5.41) is 3.71. The second kappa shape index (κ2) is 6.07. The molecule has 0 radical (unpaired) electrons. The molecule has 2 aliphatic carbocycles. The average molecular weight is 357 g/mol. The molecule has 0 heterocycles. The van der Waals surface area contributed by atoms with Gasteiger partial charge in [0.2, 0.25) is 5.91 Å². The molecule has 1 aromatic carbocycles. The first-order chi connectivity index (χ1) is 9.63. The van der Waals surface area contributed by atoms with E-state index < -0.39 is 0 Å². The highest BCUT2D eigenvalue weighted by Crippen LogP contribution is 2.50. The van der Waals surface area contributed by atoms with Crippen LogP contribution in [0.4, 0.5) is 0 Å². The first-order valence-electron chi connectivity index (χ1n) is 7.34. The molecule has 20 heavy (non-hydrogen) atoms. The number of benzene rings is 1. The minimum absolute atomic E-state index is 0.174. The van der Waals surface area contributed by atoms with Crippen LogP contribution in [0.1, 0.15) is 37.7 Å². The van der Waals surface area contributed by atoms with E-state index in [9.17, 15) is 4.79 Å². The summed E-state index contributed by atoms with van der Waals surface area (Å²) < 4.78 is 0.958. The van der Waals surface area contributed by atoms with Gasteiger partial charge in [-0.25, -0.2) is 0 Å². The van der Waals surface area contributed by atoms with Gasteiger partial charge in [0, 0.05) is 22.5 Å². The fourth-order valence-corrected chi connectivity index (χ4v) is 3.65. The minimum Gasteiger partial charge on any atom is -0.352 e. The van der Waals surface area contributed by atoms with Gasteiger partial charge in [0.15, 0.2) is 0 Å². The van der Waals surface area contributed by atoms with Gasteiger partial charge in [-0.15, -0.1) is 0 Å². The third kappa shape index (κ3) is 3.76. The maximum absolute atomic E-state index is 12.1. The maximum atomic E-state index is 12.1. The SMILES string of the molecule is O=C(CC(C1CC1)C1CC1)NCc1ccc(Br)cc1Cl. The van der Waals surface area contributed by atoms with Crippen LogP contribution in [0.3, 0.4) is 0 Å². The van der Waals surface area contributed by atoms with Gasteiger partial charge in [-0.3, -0.25) is 4.79 Å². The Balaban J connectivity index is 1.51. The molecular weight excluding hydrogens is 338 g/mol. The van der Waals surface area contributed by atoms with E-state index in [0.717, 1.165) is 21.9 Å². The van der Waals surface area contributed by atoms with Crippen LogP contribution >= 0.6 is 27.5 Å². The highest BCUT2D eigenvalue weighted by molar-refractivity contribution is 9.10. The van der Waals surface area contributed by atoms with Crippen LogP contribution in [0.5, 0.6) is 0 Å². The Labute approximate surface area is 133 Å². The number of halogens is 2. The van der Waals surface area contributed by atoms with Gasteiger partial charge < -0.3 is 5.32 Å². The fraction of sp³-hybridized carbons (Fsp3) is 0.562. The molecule has 0 aliphatic heterocycles. The van der Waals surface area contributed by atoms with Gasteiger partial charge in [0.1, 0.15) is 0 Å². The summed E-state index contributed by atoms with van der Waals surface area (Å²) in [6.45, 7) is 0.521. The van der Waals surface area contributed by atoms with Crippen molar-refractivity contribution in [2.24, 2.45) is 17.8 Å². The van der Waals surface area contributed by atoms with E-state index in [2.05, 4.69) is 21.2 Å². The van der Waals surface area contributed by atoms with E-state index >= 15 is 0 Å². The number of nitrogens with one attached hydrogen (secondary N) is 1. The standard InChI is InChI=1S/C16H19BrClNO/c17-13-6-5-12(15(18)7-13)9-19-16(20)8-14(10-1-2-10)11-3-4-11/h5-7,10-11,14H,1-4,8-9H2,(H,19,20). The number of rotatable bonds is 6. The van der Waals surface area contributed by atoms with Crippen LogP contribution in [0.15, 0.2) is 22.7 Å². The highest BCUT2D eigenvalue weighted by atomic mass is 79.9. The van der Waals surface area contributed by atoms with Crippen molar-refractivity contribution in [3.05, 3.63) is 33.3 Å². The van der Waals surface area contributed by atoms with E-state index in [4.69, 9.17) is 11.6 Å². The Bertz CT molecular complexity index is 499. The lowest BCUT2D eigenvalue weighted by molar-refractivity contribution is -0.122. The molecule has 0 unspecified atom stereocenters. The molecular formula is C16H19BrClNO. The first kappa shape index (κ1) is 14.4. The van der Waals surface area contributed by atoms with E-state index in [-0.39, 0.29) is 5.91 Å². The van der Waals surface area contributed by atoms with Gasteiger partial charge in [-0.1, -0.05) is 33.6 Å². The zero-order valence-corrected chi connectivity index (χ0v) is 13.7. The fourth-order valence-electron chi connectivity index (χ4n) is 2.91. The van der Waals surface area contributed by atoms with Gasteiger partial charge >= 0.3 is 0 Å². The molecule has 4 heteroatoms. The van der Waals surface area contributed by atoms with Crippen molar-refractivity contribution in [3.8, 4) is 0 Å². The molecule has 2 nitrogen and oxygen atoms in total. The maximum Gasteiger partial charge on any atom is 0.220 e. The highest BCUT2D eigenvalue weighted by Gasteiger charge is 2.42. The summed E-state index contributed by atoms with van der Waals surface area (Å²) >= 11 is 9.54. The molecule has 1 amide bonds. The zero-order chi connectivity index (χ0) is 14.1. The van der Waals surface area contributed by atoms with Crippen molar-refractivity contribution < 1.29 is 4.79 Å². The number of amides is 1. The van der Waals surface area contributed by atoms with Crippen molar-refractivity contribution in [1.82, 2.24) is 5.32 Å². The average Bonchev–Trinajstić information content (AvgIpc) is 3.28. The lowest BCUT2D eigenvalue weighted by Crippen LogP contribution is -2.26. The first-order valence-corrected chi connectivity index (χ1v) is 8.51. The minimum atomic E-state index is 0.174. The van der Waals surface area contributed by atoms with Crippen molar-refractivity contribution in [2.75, 3.05) is 0 Å². The Kier molecular flexibility index (Phi) is 4.37. The third-order valence-electron chi connectivity index (χ3n) is 4.37. The Morgan fingerprint density at radius 3 is 2.50 bits per heavy atom. The summed E-state index contributed by atoms with van der Waals surface area (Å²) in [5.74, 6) is 2.46. The van der Waals surface area contributed by atoms with Crippen LogP contribution in [0.2, 0.25) is 5.02 Å². The van der Waals surface area contributed by atoms with Crippen LogP contribution in [-0.4, -0.2) is 5.91 Å². The molecule has 2 aliphatic rings. The Morgan fingerprint density at radius 1 is 1.30 bits per heavy atom. The molecule has 0 atom stereocenters. The van der Waals surface area contributed by atoms with Crippen molar-refractivity contribution >= 4 is 33.4 Å². The number of carbonyl (C=O) groups excluding carboxylic acids is 1. The van der Waals surface area contributed by atoms with Crippen molar-refractivity contribution in [1.29, 1.82) is 0 Å². The molecule has 2 saturated carbocycles. The summed E-state index contributed by atoms with van der Waals surface area (Å²) in [4.78, 5) is 12.1. The molecule has 0 spiro atoms. The number of hydrogen-bond acceptors (Lipinski definition) is 1. The predicted octanol–water partition coefficient (Wildman–Crippen LogP) is 4.55. The summed E-state index contributed by atoms with van der Waals surface area (Å²) in [7, 11) is 0. The van der Waals surface area contributed by atoms with Crippen LogP contribution in [0, 0.1) is 17.8 Å². The normalized spacial score (nSPS) is 18.4. The van der Waals surface area contributed by atoms with E-state index in [1.54, 1.807) is 0 Å². The molecule has 1 N–H and O–H groups in total. The Morgan fingerprint density at radius 2 is 1.95 bits per heavy atom. The van der Waals surface area contributed by atoms with Crippen LogP contribution < -0.4 is 5.32 Å². The van der Waals surface area contributed by atoms with Gasteiger partial charge in [-0.05, 0) is 61.1 Å². The van der Waals surface area contributed by atoms with Gasteiger partial charge in [0.25, 0.3) is 0 Å². The number of carbonyl (C=O) groups is 1. The van der Waals surface area contributed by atoms with Crippen molar-refractivity contribution in [3.63, 3.8) is 0 Å².